The largest absolute Gasteiger partial charge is 0.493 e. The molecule has 0 aliphatic carbocycles. The van der Waals surface area contributed by atoms with Gasteiger partial charge in [-0.2, -0.15) is 0 Å². The van der Waals surface area contributed by atoms with Crippen LogP contribution in [0, 0.1) is 23.7 Å². The van der Waals surface area contributed by atoms with Crippen LogP contribution in [0.2, 0.25) is 0 Å². The van der Waals surface area contributed by atoms with Crippen LogP contribution in [0.1, 0.15) is 90.2 Å². The van der Waals surface area contributed by atoms with E-state index in [1.165, 1.54) is 5.56 Å². The predicted octanol–water partition coefficient (Wildman–Crippen LogP) is 8.20. The third-order valence-corrected chi connectivity index (χ3v) is 5.79. The molecule has 5 heteroatoms. The molecular formula is C33H50O5. The van der Waals surface area contributed by atoms with Crippen molar-refractivity contribution in [2.75, 3.05) is 26.4 Å². The Labute approximate surface area is 231 Å². The molecular weight excluding hydrogens is 476 g/mol. The molecule has 0 fully saturated rings. The van der Waals surface area contributed by atoms with Gasteiger partial charge in [-0.1, -0.05) is 74.4 Å². The molecule has 0 spiro atoms. The lowest BCUT2D eigenvalue weighted by molar-refractivity contribution is 0.0970. The van der Waals surface area contributed by atoms with Gasteiger partial charge in [-0.15, -0.1) is 0 Å². The number of ketones is 1. The topological polar surface area (TPSA) is 54.0 Å². The molecule has 0 aromatic heterocycles. The number of hydrogen-bond acceptors (Lipinski definition) is 5. The van der Waals surface area contributed by atoms with Crippen molar-refractivity contribution in [3.05, 3.63) is 47.0 Å². The van der Waals surface area contributed by atoms with Gasteiger partial charge < -0.3 is 18.9 Å². The van der Waals surface area contributed by atoms with Crippen LogP contribution in [0.3, 0.4) is 0 Å². The van der Waals surface area contributed by atoms with Gasteiger partial charge >= 0.3 is 0 Å². The van der Waals surface area contributed by atoms with E-state index in [-0.39, 0.29) is 5.78 Å². The Morgan fingerprint density at radius 3 is 1.68 bits per heavy atom. The highest BCUT2D eigenvalue weighted by atomic mass is 16.5. The second-order valence-electron chi connectivity index (χ2n) is 11.8. The number of hydrogen-bond donors (Lipinski definition) is 0. The maximum Gasteiger partial charge on any atom is 0.175 e. The minimum atomic E-state index is -0.0192. The summed E-state index contributed by atoms with van der Waals surface area (Å²) in [5.74, 6) is 3.86. The van der Waals surface area contributed by atoms with Crippen LogP contribution in [-0.2, 0) is 12.8 Å². The number of carbonyl (C=O) groups excluding carboxylic acids is 1. The molecule has 2 aromatic rings. The fraction of sp³-hybridized carbons (Fsp3) is 0.606. The molecule has 2 aromatic carbocycles. The van der Waals surface area contributed by atoms with Gasteiger partial charge in [0.25, 0.3) is 0 Å². The van der Waals surface area contributed by atoms with Crippen molar-refractivity contribution in [2.24, 2.45) is 23.7 Å². The number of aryl methyl sites for hydroxylation is 2. The number of rotatable bonds is 17. The van der Waals surface area contributed by atoms with E-state index in [1.54, 1.807) is 0 Å². The molecule has 38 heavy (non-hydrogen) atoms. The quantitative estimate of drug-likeness (QED) is 0.194. The first kappa shape index (κ1) is 31.5. The SMILES string of the molecule is CCc1ccc(OCC(C)C)c(CCC(=O)c2c(OCC(C)C)ccc(OCC(C)C)c2OCC(C)C)c1. The van der Waals surface area contributed by atoms with E-state index < -0.39 is 0 Å². The average molecular weight is 527 g/mol. The fourth-order valence-electron chi connectivity index (χ4n) is 3.77. The lowest BCUT2D eigenvalue weighted by Crippen LogP contribution is -2.15. The highest BCUT2D eigenvalue weighted by Crippen LogP contribution is 2.40. The van der Waals surface area contributed by atoms with Crippen LogP contribution in [-0.4, -0.2) is 32.2 Å². The highest BCUT2D eigenvalue weighted by Gasteiger charge is 2.25. The highest BCUT2D eigenvalue weighted by molar-refractivity contribution is 6.02. The molecule has 0 saturated heterocycles. The zero-order valence-corrected chi connectivity index (χ0v) is 25.2. The van der Waals surface area contributed by atoms with E-state index in [2.05, 4.69) is 74.4 Å². The number of carbonyl (C=O) groups is 1. The van der Waals surface area contributed by atoms with Crippen LogP contribution >= 0.6 is 0 Å². The van der Waals surface area contributed by atoms with Gasteiger partial charge in [-0.05, 0) is 65.8 Å². The van der Waals surface area contributed by atoms with Crippen molar-refractivity contribution >= 4 is 5.78 Å². The van der Waals surface area contributed by atoms with Crippen LogP contribution in [0.4, 0.5) is 0 Å². The van der Waals surface area contributed by atoms with Gasteiger partial charge in [0.1, 0.15) is 17.1 Å². The fourth-order valence-corrected chi connectivity index (χ4v) is 3.77. The minimum Gasteiger partial charge on any atom is -0.493 e. The van der Waals surface area contributed by atoms with Crippen LogP contribution in [0.25, 0.3) is 0 Å². The maximum atomic E-state index is 13.9. The lowest BCUT2D eigenvalue weighted by Gasteiger charge is -2.21. The molecule has 0 heterocycles. The van der Waals surface area contributed by atoms with E-state index in [1.807, 2.05) is 18.2 Å². The summed E-state index contributed by atoms with van der Waals surface area (Å²) in [4.78, 5) is 13.9. The van der Waals surface area contributed by atoms with Crippen LogP contribution < -0.4 is 18.9 Å². The third-order valence-electron chi connectivity index (χ3n) is 5.79. The minimum absolute atomic E-state index is 0.0192. The van der Waals surface area contributed by atoms with Crippen molar-refractivity contribution in [3.63, 3.8) is 0 Å². The standard InChI is InChI=1S/C33H50O5/c1-10-26-11-14-29(35-18-22(2)3)27(17-26)12-13-28(34)32-30(36-19-23(4)5)15-16-31(37-20-24(6)7)33(32)38-21-25(8)9/h11,14-17,22-25H,10,12-13,18-21H2,1-9H3. The van der Waals surface area contributed by atoms with E-state index in [9.17, 15) is 4.79 Å². The third kappa shape index (κ3) is 10.2. The molecule has 0 unspecified atom stereocenters. The Balaban J connectivity index is 2.45. The van der Waals surface area contributed by atoms with Gasteiger partial charge in [0.15, 0.2) is 17.3 Å². The molecule has 0 aliphatic heterocycles. The molecule has 0 aliphatic rings. The summed E-state index contributed by atoms with van der Waals surface area (Å²) in [6, 6.07) is 10.0. The summed E-state index contributed by atoms with van der Waals surface area (Å²) < 4.78 is 24.6. The first-order valence-electron chi connectivity index (χ1n) is 14.3. The predicted molar refractivity (Wildman–Crippen MR) is 156 cm³/mol. The second kappa shape index (κ2) is 15.7. The Kier molecular flexibility index (Phi) is 13.0. The summed E-state index contributed by atoms with van der Waals surface area (Å²) >= 11 is 0. The van der Waals surface area contributed by atoms with Gasteiger partial charge in [0, 0.05) is 6.42 Å². The molecule has 212 valence electrons. The van der Waals surface area contributed by atoms with Gasteiger partial charge in [0.05, 0.1) is 26.4 Å². The number of benzene rings is 2. The van der Waals surface area contributed by atoms with Crippen molar-refractivity contribution in [1.82, 2.24) is 0 Å². The van der Waals surface area contributed by atoms with Gasteiger partial charge in [-0.3, -0.25) is 4.79 Å². The Bertz CT molecular complexity index is 1010. The maximum absolute atomic E-state index is 13.9. The van der Waals surface area contributed by atoms with Crippen molar-refractivity contribution in [2.45, 2.75) is 81.6 Å². The van der Waals surface area contributed by atoms with Crippen molar-refractivity contribution in [1.29, 1.82) is 0 Å². The summed E-state index contributed by atoms with van der Waals surface area (Å²) in [6.07, 6.45) is 1.82. The molecule has 0 atom stereocenters. The lowest BCUT2D eigenvalue weighted by atomic mass is 9.98. The van der Waals surface area contributed by atoms with Gasteiger partial charge in [-0.25, -0.2) is 0 Å². The van der Waals surface area contributed by atoms with Crippen LogP contribution in [0.5, 0.6) is 23.0 Å². The Morgan fingerprint density at radius 1 is 0.658 bits per heavy atom. The second-order valence-corrected chi connectivity index (χ2v) is 11.8. The van der Waals surface area contributed by atoms with E-state index in [0.29, 0.717) is 85.8 Å². The van der Waals surface area contributed by atoms with E-state index in [4.69, 9.17) is 18.9 Å². The molecule has 0 amide bonds. The molecule has 0 N–H and O–H groups in total. The first-order valence-corrected chi connectivity index (χ1v) is 14.3. The Morgan fingerprint density at radius 2 is 1.13 bits per heavy atom. The number of ether oxygens (including phenoxy) is 4. The van der Waals surface area contributed by atoms with E-state index >= 15 is 0 Å². The summed E-state index contributed by atoms with van der Waals surface area (Å²) in [5.41, 5.74) is 2.76. The monoisotopic (exact) mass is 526 g/mol. The van der Waals surface area contributed by atoms with Crippen LogP contribution in [0.15, 0.2) is 30.3 Å². The normalized spacial score (nSPS) is 11.5. The zero-order chi connectivity index (χ0) is 28.2. The summed E-state index contributed by atoms with van der Waals surface area (Å²) in [5, 5.41) is 0. The first-order chi connectivity index (χ1) is 18.0. The zero-order valence-electron chi connectivity index (χ0n) is 25.2. The molecule has 0 saturated carbocycles. The Hall–Kier alpha value is -2.69. The summed E-state index contributed by atoms with van der Waals surface area (Å²) in [6.45, 7) is 21.2. The van der Waals surface area contributed by atoms with E-state index in [0.717, 1.165) is 17.7 Å². The van der Waals surface area contributed by atoms with Crippen molar-refractivity contribution < 1.29 is 23.7 Å². The molecule has 5 nitrogen and oxygen atoms in total. The summed E-state index contributed by atoms with van der Waals surface area (Å²) in [7, 11) is 0. The molecule has 2 rings (SSSR count). The van der Waals surface area contributed by atoms with Gasteiger partial charge in [0.2, 0.25) is 0 Å². The molecule has 0 bridgehead atoms. The van der Waals surface area contributed by atoms with Crippen molar-refractivity contribution in [3.8, 4) is 23.0 Å². The average Bonchev–Trinajstić information content (AvgIpc) is 2.86. The number of Topliss-reactive ketones (excluding diaryl/α,β-unsaturated/α-hetero) is 1. The smallest absolute Gasteiger partial charge is 0.175 e. The molecule has 0 radical (unpaired) electrons.